The Morgan fingerprint density at radius 2 is 2.17 bits per heavy atom. The van der Waals surface area contributed by atoms with E-state index in [-0.39, 0.29) is 0 Å². The standard InChI is InChI=1S/C13H19N5/c1-4-6-14-8-12-9-15-7-5-13(12)18-11(3)16-10(2)17-18/h5,7,9,14H,4,6,8H2,1-3H3. The van der Waals surface area contributed by atoms with Crippen LogP contribution in [0, 0.1) is 13.8 Å². The normalized spacial score (nSPS) is 10.8. The van der Waals surface area contributed by atoms with Gasteiger partial charge in [0.25, 0.3) is 0 Å². The Kier molecular flexibility index (Phi) is 4.04. The number of hydrogen-bond acceptors (Lipinski definition) is 4. The number of pyridine rings is 1. The van der Waals surface area contributed by atoms with Crippen LogP contribution in [0.4, 0.5) is 0 Å². The monoisotopic (exact) mass is 245 g/mol. The average molecular weight is 245 g/mol. The maximum absolute atomic E-state index is 4.42. The lowest BCUT2D eigenvalue weighted by molar-refractivity contribution is 0.667. The first kappa shape index (κ1) is 12.7. The Balaban J connectivity index is 2.29. The van der Waals surface area contributed by atoms with Gasteiger partial charge in [0.15, 0.2) is 0 Å². The molecule has 1 N–H and O–H groups in total. The van der Waals surface area contributed by atoms with E-state index in [1.165, 1.54) is 0 Å². The van der Waals surface area contributed by atoms with Crippen LogP contribution in [-0.4, -0.2) is 26.3 Å². The van der Waals surface area contributed by atoms with Crippen LogP contribution in [0.3, 0.4) is 0 Å². The molecule has 0 aliphatic rings. The van der Waals surface area contributed by atoms with Gasteiger partial charge >= 0.3 is 0 Å². The first-order valence-electron chi connectivity index (χ1n) is 6.26. The molecular formula is C13H19N5. The smallest absolute Gasteiger partial charge is 0.148 e. The quantitative estimate of drug-likeness (QED) is 0.816. The molecule has 0 radical (unpaired) electrons. The van der Waals surface area contributed by atoms with Crippen LogP contribution in [0.1, 0.15) is 30.6 Å². The summed E-state index contributed by atoms with van der Waals surface area (Å²) < 4.78 is 1.87. The number of rotatable bonds is 5. The Morgan fingerprint density at radius 1 is 1.33 bits per heavy atom. The van der Waals surface area contributed by atoms with Crippen LogP contribution in [0.25, 0.3) is 5.69 Å². The molecule has 0 aliphatic heterocycles. The van der Waals surface area contributed by atoms with E-state index in [4.69, 9.17) is 0 Å². The minimum absolute atomic E-state index is 0.789. The number of hydrogen-bond donors (Lipinski definition) is 1. The third-order valence-corrected chi connectivity index (χ3v) is 2.72. The Labute approximate surface area is 107 Å². The van der Waals surface area contributed by atoms with Gasteiger partial charge < -0.3 is 5.32 Å². The second kappa shape index (κ2) is 5.73. The van der Waals surface area contributed by atoms with E-state index < -0.39 is 0 Å². The third kappa shape index (κ3) is 2.73. The molecule has 0 unspecified atom stereocenters. The second-order valence-electron chi connectivity index (χ2n) is 4.30. The van der Waals surface area contributed by atoms with Crippen LogP contribution in [0.15, 0.2) is 18.5 Å². The molecule has 2 aromatic rings. The third-order valence-electron chi connectivity index (χ3n) is 2.72. The van der Waals surface area contributed by atoms with E-state index in [0.717, 1.165) is 42.4 Å². The molecule has 18 heavy (non-hydrogen) atoms. The zero-order valence-electron chi connectivity index (χ0n) is 11.1. The summed E-state index contributed by atoms with van der Waals surface area (Å²) in [6.45, 7) is 7.82. The number of nitrogens with one attached hydrogen (secondary N) is 1. The predicted octanol–water partition coefficient (Wildman–Crippen LogP) is 1.78. The molecule has 0 spiro atoms. The molecule has 0 aliphatic carbocycles. The topological polar surface area (TPSA) is 55.6 Å². The number of aryl methyl sites for hydroxylation is 2. The Hall–Kier alpha value is -1.75. The van der Waals surface area contributed by atoms with E-state index in [1.54, 1.807) is 6.20 Å². The molecule has 5 heteroatoms. The molecule has 0 saturated heterocycles. The van der Waals surface area contributed by atoms with E-state index in [0.29, 0.717) is 0 Å². The van der Waals surface area contributed by atoms with Gasteiger partial charge in [0.05, 0.1) is 5.69 Å². The highest BCUT2D eigenvalue weighted by Gasteiger charge is 2.09. The SMILES string of the molecule is CCCNCc1cnccc1-n1nc(C)nc1C. The molecule has 0 bridgehead atoms. The summed E-state index contributed by atoms with van der Waals surface area (Å²) in [6, 6.07) is 1.98. The van der Waals surface area contributed by atoms with Crippen molar-refractivity contribution in [2.45, 2.75) is 33.7 Å². The predicted molar refractivity (Wildman–Crippen MR) is 70.6 cm³/mol. The fraction of sp³-hybridized carbons (Fsp3) is 0.462. The van der Waals surface area contributed by atoms with Crippen LogP contribution >= 0.6 is 0 Å². The van der Waals surface area contributed by atoms with Crippen molar-refractivity contribution < 1.29 is 0 Å². The minimum atomic E-state index is 0.789. The number of nitrogens with zero attached hydrogens (tertiary/aromatic N) is 4. The molecule has 2 aromatic heterocycles. The van der Waals surface area contributed by atoms with Crippen LogP contribution in [-0.2, 0) is 6.54 Å². The first-order valence-corrected chi connectivity index (χ1v) is 6.26. The Bertz CT molecular complexity index is 518. The molecular weight excluding hydrogens is 226 g/mol. The van der Waals surface area contributed by atoms with Crippen molar-refractivity contribution in [1.29, 1.82) is 0 Å². The summed E-state index contributed by atoms with van der Waals surface area (Å²) >= 11 is 0. The molecule has 0 atom stereocenters. The van der Waals surface area contributed by atoms with E-state index in [9.17, 15) is 0 Å². The summed E-state index contributed by atoms with van der Waals surface area (Å²) in [6.07, 6.45) is 4.79. The molecule has 0 amide bonds. The van der Waals surface area contributed by atoms with Gasteiger partial charge in [-0.1, -0.05) is 6.92 Å². The lowest BCUT2D eigenvalue weighted by atomic mass is 10.2. The molecule has 96 valence electrons. The van der Waals surface area contributed by atoms with Crippen molar-refractivity contribution in [2.75, 3.05) is 6.54 Å². The van der Waals surface area contributed by atoms with Crippen LogP contribution < -0.4 is 5.32 Å². The van der Waals surface area contributed by atoms with Gasteiger partial charge in [0, 0.05) is 24.5 Å². The number of aromatic nitrogens is 4. The Morgan fingerprint density at radius 3 is 2.83 bits per heavy atom. The molecule has 2 rings (SSSR count). The molecule has 0 fully saturated rings. The molecule has 0 saturated carbocycles. The molecule has 2 heterocycles. The van der Waals surface area contributed by atoms with Crippen molar-refractivity contribution in [3.63, 3.8) is 0 Å². The fourth-order valence-electron chi connectivity index (χ4n) is 1.91. The minimum Gasteiger partial charge on any atom is -0.313 e. The zero-order valence-corrected chi connectivity index (χ0v) is 11.1. The highest BCUT2D eigenvalue weighted by Crippen LogP contribution is 2.14. The maximum atomic E-state index is 4.42. The first-order chi connectivity index (χ1) is 8.72. The van der Waals surface area contributed by atoms with Gasteiger partial charge in [0.2, 0.25) is 0 Å². The average Bonchev–Trinajstić information content (AvgIpc) is 2.69. The van der Waals surface area contributed by atoms with Crippen molar-refractivity contribution in [2.24, 2.45) is 0 Å². The summed E-state index contributed by atoms with van der Waals surface area (Å²) in [5.74, 6) is 1.69. The van der Waals surface area contributed by atoms with E-state index in [2.05, 4.69) is 27.3 Å². The van der Waals surface area contributed by atoms with Crippen molar-refractivity contribution in [3.05, 3.63) is 35.7 Å². The van der Waals surface area contributed by atoms with Gasteiger partial charge in [-0.2, -0.15) is 5.10 Å². The van der Waals surface area contributed by atoms with Gasteiger partial charge in [-0.15, -0.1) is 0 Å². The second-order valence-corrected chi connectivity index (χ2v) is 4.30. The summed E-state index contributed by atoms with van der Waals surface area (Å²) in [5.41, 5.74) is 2.19. The van der Waals surface area contributed by atoms with Crippen LogP contribution in [0.5, 0.6) is 0 Å². The van der Waals surface area contributed by atoms with Crippen molar-refractivity contribution >= 4 is 0 Å². The highest BCUT2D eigenvalue weighted by atomic mass is 15.3. The lowest BCUT2D eigenvalue weighted by Crippen LogP contribution is -2.16. The van der Waals surface area contributed by atoms with Gasteiger partial charge in [-0.3, -0.25) is 4.98 Å². The molecule has 5 nitrogen and oxygen atoms in total. The zero-order chi connectivity index (χ0) is 13.0. The van der Waals surface area contributed by atoms with E-state index in [1.807, 2.05) is 30.8 Å². The van der Waals surface area contributed by atoms with Crippen LogP contribution in [0.2, 0.25) is 0 Å². The van der Waals surface area contributed by atoms with Gasteiger partial charge in [0.1, 0.15) is 11.6 Å². The van der Waals surface area contributed by atoms with Crippen molar-refractivity contribution in [1.82, 2.24) is 25.1 Å². The highest BCUT2D eigenvalue weighted by molar-refractivity contribution is 5.38. The van der Waals surface area contributed by atoms with E-state index >= 15 is 0 Å². The summed E-state index contributed by atoms with van der Waals surface area (Å²) in [4.78, 5) is 8.52. The summed E-state index contributed by atoms with van der Waals surface area (Å²) in [7, 11) is 0. The van der Waals surface area contributed by atoms with Crippen molar-refractivity contribution in [3.8, 4) is 5.69 Å². The van der Waals surface area contributed by atoms with Gasteiger partial charge in [-0.25, -0.2) is 9.67 Å². The fourth-order valence-corrected chi connectivity index (χ4v) is 1.91. The summed E-state index contributed by atoms with van der Waals surface area (Å²) in [5, 5.41) is 7.81. The van der Waals surface area contributed by atoms with Gasteiger partial charge in [-0.05, 0) is 32.9 Å². The molecule has 0 aromatic carbocycles. The maximum Gasteiger partial charge on any atom is 0.148 e. The lowest BCUT2D eigenvalue weighted by Gasteiger charge is -2.10. The largest absolute Gasteiger partial charge is 0.313 e.